The molecule has 0 N–H and O–H groups in total. The van der Waals surface area contributed by atoms with Crippen LogP contribution in [-0.2, 0) is 28.6 Å². The molecule has 0 aromatic carbocycles. The van der Waals surface area contributed by atoms with Gasteiger partial charge in [0.25, 0.3) is 0 Å². The topological polar surface area (TPSA) is 78.9 Å². The Morgan fingerprint density at radius 3 is 0.800 bits per heavy atom. The van der Waals surface area contributed by atoms with Gasteiger partial charge in [-0.2, -0.15) is 0 Å². The van der Waals surface area contributed by atoms with Crippen LogP contribution in [0.2, 0.25) is 0 Å². The van der Waals surface area contributed by atoms with Crippen LogP contribution in [-0.4, -0.2) is 37.2 Å². The number of hydrogen-bond donors (Lipinski definition) is 0. The van der Waals surface area contributed by atoms with E-state index in [1.807, 2.05) is 0 Å². The molecular formula is C69H120O6. The molecule has 0 saturated carbocycles. The van der Waals surface area contributed by atoms with E-state index in [2.05, 4.69) is 106 Å². The lowest BCUT2D eigenvalue weighted by Crippen LogP contribution is -2.30. The number of allylic oxidation sites excluding steroid dienone is 14. The summed E-state index contributed by atoms with van der Waals surface area (Å²) >= 11 is 0. The smallest absolute Gasteiger partial charge is 0.306 e. The second-order valence-electron chi connectivity index (χ2n) is 21.3. The molecule has 6 heteroatoms. The van der Waals surface area contributed by atoms with E-state index >= 15 is 0 Å². The van der Waals surface area contributed by atoms with Crippen molar-refractivity contribution in [3.05, 3.63) is 85.1 Å². The van der Waals surface area contributed by atoms with Crippen molar-refractivity contribution in [3.63, 3.8) is 0 Å². The SMILES string of the molecule is CCCCC/C=C\C/C=C\C/C=C\CCCCCCCCC(=O)OC(COC(=O)CCCCCCC/C=C\CCCCCC)COC(=O)CCCCCCCCCCCC/C=C\C/C=C\C/C=C\CCCCCCC. The molecule has 1 unspecified atom stereocenters. The lowest BCUT2D eigenvalue weighted by Gasteiger charge is -2.18. The third-order valence-corrected chi connectivity index (χ3v) is 13.8. The fourth-order valence-corrected chi connectivity index (χ4v) is 8.98. The Balaban J connectivity index is 4.35. The maximum absolute atomic E-state index is 12.9. The van der Waals surface area contributed by atoms with E-state index in [1.165, 1.54) is 173 Å². The van der Waals surface area contributed by atoms with Crippen LogP contribution in [0.3, 0.4) is 0 Å². The van der Waals surface area contributed by atoms with Crippen LogP contribution in [0.4, 0.5) is 0 Å². The monoisotopic (exact) mass is 1040 g/mol. The minimum atomic E-state index is -0.790. The lowest BCUT2D eigenvalue weighted by atomic mass is 10.1. The van der Waals surface area contributed by atoms with Gasteiger partial charge < -0.3 is 14.2 Å². The Kier molecular flexibility index (Phi) is 60.3. The van der Waals surface area contributed by atoms with Crippen molar-refractivity contribution in [3.8, 4) is 0 Å². The quantitative estimate of drug-likeness (QED) is 0.0261. The Morgan fingerprint density at radius 2 is 0.480 bits per heavy atom. The highest BCUT2D eigenvalue weighted by Crippen LogP contribution is 2.15. The highest BCUT2D eigenvalue weighted by atomic mass is 16.6. The molecule has 0 aromatic rings. The maximum atomic E-state index is 12.9. The number of carbonyl (C=O) groups is 3. The van der Waals surface area contributed by atoms with Gasteiger partial charge in [0.1, 0.15) is 13.2 Å². The molecule has 75 heavy (non-hydrogen) atoms. The van der Waals surface area contributed by atoms with Crippen molar-refractivity contribution in [2.24, 2.45) is 0 Å². The summed E-state index contributed by atoms with van der Waals surface area (Å²) in [5, 5.41) is 0. The first-order chi connectivity index (χ1) is 37.0. The predicted octanol–water partition coefficient (Wildman–Crippen LogP) is 21.9. The van der Waals surface area contributed by atoms with E-state index in [0.29, 0.717) is 19.3 Å². The molecule has 0 spiro atoms. The summed E-state index contributed by atoms with van der Waals surface area (Å²) in [6, 6.07) is 0. The minimum Gasteiger partial charge on any atom is -0.462 e. The summed E-state index contributed by atoms with van der Waals surface area (Å²) in [4.78, 5) is 38.3. The van der Waals surface area contributed by atoms with Crippen molar-refractivity contribution in [1.82, 2.24) is 0 Å². The molecule has 1 atom stereocenters. The summed E-state index contributed by atoms with van der Waals surface area (Å²) in [7, 11) is 0. The van der Waals surface area contributed by atoms with E-state index in [4.69, 9.17) is 14.2 Å². The number of rotatable bonds is 58. The van der Waals surface area contributed by atoms with Gasteiger partial charge in [0, 0.05) is 19.3 Å². The van der Waals surface area contributed by atoms with Gasteiger partial charge >= 0.3 is 17.9 Å². The van der Waals surface area contributed by atoms with Crippen molar-refractivity contribution < 1.29 is 28.6 Å². The molecule has 6 nitrogen and oxygen atoms in total. The summed E-state index contributed by atoms with van der Waals surface area (Å²) in [5.74, 6) is -0.901. The number of carbonyl (C=O) groups excluding carboxylic acids is 3. The second kappa shape index (κ2) is 63.1. The highest BCUT2D eigenvalue weighted by molar-refractivity contribution is 5.71. The molecule has 0 bridgehead atoms. The number of unbranched alkanes of at least 4 members (excludes halogenated alkanes) is 33. The van der Waals surface area contributed by atoms with Crippen LogP contribution in [0.1, 0.15) is 316 Å². The Bertz CT molecular complexity index is 1430. The van der Waals surface area contributed by atoms with Gasteiger partial charge in [0.2, 0.25) is 0 Å². The molecule has 0 saturated heterocycles. The first-order valence-corrected chi connectivity index (χ1v) is 32.1. The van der Waals surface area contributed by atoms with E-state index in [-0.39, 0.29) is 31.1 Å². The zero-order valence-corrected chi connectivity index (χ0v) is 49.6. The first kappa shape index (κ1) is 71.6. The summed E-state index contributed by atoms with van der Waals surface area (Å²) in [6.45, 7) is 6.59. The molecular weight excluding hydrogens is 925 g/mol. The lowest BCUT2D eigenvalue weighted by molar-refractivity contribution is -0.167. The van der Waals surface area contributed by atoms with Gasteiger partial charge in [0.05, 0.1) is 0 Å². The standard InChI is InChI=1S/C69H120O6/c1-4-7-10-13-16-19-22-25-27-29-31-32-33-34-35-36-38-39-41-44-47-50-53-56-59-62-68(71)74-65-66(64-73-67(70)61-58-55-52-49-46-43-24-21-18-15-12-9-6-3)75-69(72)63-60-57-54-51-48-45-42-40-37-30-28-26-23-20-17-14-11-8-5-2/h17,20-22,24-26,28-29,31,33-34,37,40,66H,4-16,18-19,23,27,30,32,35-36,38-39,41-65H2,1-3H3/b20-17-,24-21-,25-22-,28-26-,31-29-,34-33-,40-37-. The fourth-order valence-electron chi connectivity index (χ4n) is 8.98. The Morgan fingerprint density at radius 1 is 0.267 bits per heavy atom. The van der Waals surface area contributed by atoms with Crippen molar-refractivity contribution >= 4 is 17.9 Å². The molecule has 0 rings (SSSR count). The number of ether oxygens (including phenoxy) is 3. The number of hydrogen-bond acceptors (Lipinski definition) is 6. The van der Waals surface area contributed by atoms with Crippen LogP contribution in [0, 0.1) is 0 Å². The molecule has 0 heterocycles. The molecule has 432 valence electrons. The summed E-state index contributed by atoms with van der Waals surface area (Å²) in [5.41, 5.74) is 0. The molecule has 0 aliphatic rings. The van der Waals surface area contributed by atoms with Crippen LogP contribution in [0.25, 0.3) is 0 Å². The van der Waals surface area contributed by atoms with Gasteiger partial charge in [-0.1, -0.05) is 260 Å². The van der Waals surface area contributed by atoms with Gasteiger partial charge in [0.15, 0.2) is 6.10 Å². The molecule has 0 fully saturated rings. The van der Waals surface area contributed by atoms with Crippen LogP contribution in [0.5, 0.6) is 0 Å². The average molecular weight is 1050 g/mol. The molecule has 0 aliphatic carbocycles. The van der Waals surface area contributed by atoms with Gasteiger partial charge in [-0.15, -0.1) is 0 Å². The van der Waals surface area contributed by atoms with Crippen molar-refractivity contribution in [1.29, 1.82) is 0 Å². The van der Waals surface area contributed by atoms with E-state index < -0.39 is 6.10 Å². The van der Waals surface area contributed by atoms with Crippen LogP contribution >= 0.6 is 0 Å². The van der Waals surface area contributed by atoms with Gasteiger partial charge in [-0.3, -0.25) is 14.4 Å². The zero-order chi connectivity index (χ0) is 54.3. The third-order valence-electron chi connectivity index (χ3n) is 13.8. The van der Waals surface area contributed by atoms with Crippen LogP contribution < -0.4 is 0 Å². The van der Waals surface area contributed by atoms with Crippen molar-refractivity contribution in [2.45, 2.75) is 322 Å². The largest absolute Gasteiger partial charge is 0.462 e. The maximum Gasteiger partial charge on any atom is 0.306 e. The average Bonchev–Trinajstić information content (AvgIpc) is 3.41. The van der Waals surface area contributed by atoms with Gasteiger partial charge in [-0.25, -0.2) is 0 Å². The first-order valence-electron chi connectivity index (χ1n) is 32.1. The molecule has 0 radical (unpaired) electrons. The fraction of sp³-hybridized carbons (Fsp3) is 0.754. The summed E-state index contributed by atoms with van der Waals surface area (Å²) in [6.07, 6.45) is 82.9. The van der Waals surface area contributed by atoms with E-state index in [0.717, 1.165) is 103 Å². The highest BCUT2D eigenvalue weighted by Gasteiger charge is 2.19. The van der Waals surface area contributed by atoms with E-state index in [1.54, 1.807) is 0 Å². The normalized spacial score (nSPS) is 12.6. The third kappa shape index (κ3) is 61.3. The zero-order valence-electron chi connectivity index (χ0n) is 49.6. The molecule has 0 aliphatic heterocycles. The Hall–Kier alpha value is -3.41. The summed E-state index contributed by atoms with van der Waals surface area (Å²) < 4.78 is 16.9. The second-order valence-corrected chi connectivity index (χ2v) is 21.3. The molecule has 0 amide bonds. The van der Waals surface area contributed by atoms with Crippen molar-refractivity contribution in [2.75, 3.05) is 13.2 Å². The van der Waals surface area contributed by atoms with Gasteiger partial charge in [-0.05, 0) is 122 Å². The minimum absolute atomic E-state index is 0.0859. The van der Waals surface area contributed by atoms with E-state index in [9.17, 15) is 14.4 Å². The van der Waals surface area contributed by atoms with Crippen LogP contribution in [0.15, 0.2) is 85.1 Å². The predicted molar refractivity (Wildman–Crippen MR) is 325 cm³/mol. The Labute approximate surface area is 465 Å². The number of esters is 3. The molecule has 0 aromatic heterocycles.